The molecule has 0 N–H and O–H groups in total. The highest BCUT2D eigenvalue weighted by atomic mass is 16.2. The molecule has 3 amide bonds. The van der Waals surface area contributed by atoms with Crippen molar-refractivity contribution < 1.29 is 14.4 Å². The second-order valence-electron chi connectivity index (χ2n) is 9.93. The first-order valence-corrected chi connectivity index (χ1v) is 11.6. The highest BCUT2D eigenvalue weighted by Gasteiger charge is 2.36. The topological polar surface area (TPSA) is 75.5 Å². The summed E-state index contributed by atoms with van der Waals surface area (Å²) in [5, 5.41) is 4.54. The fourth-order valence-corrected chi connectivity index (χ4v) is 4.78. The Balaban J connectivity index is 1.32. The maximum Gasteiger partial charge on any atom is 0.261 e. The Morgan fingerprint density at radius 2 is 1.74 bits per heavy atom. The zero-order valence-corrected chi connectivity index (χ0v) is 19.7. The van der Waals surface area contributed by atoms with Crippen LogP contribution in [0.4, 0.5) is 0 Å². The van der Waals surface area contributed by atoms with Crippen molar-refractivity contribution in [3.05, 3.63) is 88.2 Å². The molecule has 0 atom stereocenters. The second-order valence-corrected chi connectivity index (χ2v) is 9.93. The summed E-state index contributed by atoms with van der Waals surface area (Å²) < 4.78 is 2.04. The van der Waals surface area contributed by atoms with E-state index in [2.05, 4.69) is 25.9 Å². The van der Waals surface area contributed by atoms with Gasteiger partial charge < -0.3 is 4.90 Å². The largest absolute Gasteiger partial charge is 0.334 e. The third-order valence-electron chi connectivity index (χ3n) is 6.54. The van der Waals surface area contributed by atoms with Crippen LogP contribution in [-0.2, 0) is 24.9 Å². The molecule has 3 aromatic rings. The Labute approximate surface area is 199 Å². The molecule has 7 nitrogen and oxygen atoms in total. The van der Waals surface area contributed by atoms with Crippen LogP contribution in [0.5, 0.6) is 0 Å². The van der Waals surface area contributed by atoms with Crippen molar-refractivity contribution in [1.29, 1.82) is 0 Å². The summed E-state index contributed by atoms with van der Waals surface area (Å²) in [5.41, 5.74) is 4.27. The Morgan fingerprint density at radius 3 is 2.47 bits per heavy atom. The summed E-state index contributed by atoms with van der Waals surface area (Å²) in [4.78, 5) is 42.2. The van der Waals surface area contributed by atoms with Crippen molar-refractivity contribution in [3.63, 3.8) is 0 Å². The molecule has 0 unspecified atom stereocenters. The highest BCUT2D eigenvalue weighted by molar-refractivity contribution is 6.22. The van der Waals surface area contributed by atoms with E-state index in [1.54, 1.807) is 23.1 Å². The number of benzene rings is 2. The van der Waals surface area contributed by atoms with Gasteiger partial charge in [-0.05, 0) is 51.0 Å². The summed E-state index contributed by atoms with van der Waals surface area (Å²) in [7, 11) is 0. The predicted molar refractivity (Wildman–Crippen MR) is 128 cm³/mol. The van der Waals surface area contributed by atoms with Crippen molar-refractivity contribution in [2.24, 2.45) is 0 Å². The number of amides is 3. The number of aromatic nitrogens is 2. The second kappa shape index (κ2) is 8.24. The molecule has 0 bridgehead atoms. The smallest absolute Gasteiger partial charge is 0.261 e. The maximum absolute atomic E-state index is 13.3. The van der Waals surface area contributed by atoms with Crippen molar-refractivity contribution in [2.75, 3.05) is 13.1 Å². The van der Waals surface area contributed by atoms with Crippen LogP contribution in [0.15, 0.2) is 54.7 Å². The minimum Gasteiger partial charge on any atom is -0.334 e. The van der Waals surface area contributed by atoms with Gasteiger partial charge in [0, 0.05) is 42.9 Å². The van der Waals surface area contributed by atoms with Crippen LogP contribution in [0.25, 0.3) is 0 Å². The van der Waals surface area contributed by atoms with E-state index >= 15 is 0 Å². The van der Waals surface area contributed by atoms with Gasteiger partial charge in [0.2, 0.25) is 0 Å². The minimum atomic E-state index is -0.335. The van der Waals surface area contributed by atoms with Gasteiger partial charge in [-0.2, -0.15) is 5.10 Å². The molecule has 1 aromatic heterocycles. The van der Waals surface area contributed by atoms with E-state index in [0.29, 0.717) is 42.7 Å². The predicted octanol–water partition coefficient (Wildman–Crippen LogP) is 3.68. The minimum absolute atomic E-state index is 0.112. The van der Waals surface area contributed by atoms with E-state index in [0.717, 1.165) is 17.5 Å². The quantitative estimate of drug-likeness (QED) is 0.562. The zero-order valence-electron chi connectivity index (χ0n) is 19.7. The van der Waals surface area contributed by atoms with Gasteiger partial charge >= 0.3 is 0 Å². The van der Waals surface area contributed by atoms with Gasteiger partial charge in [-0.1, -0.05) is 30.3 Å². The first-order chi connectivity index (χ1) is 16.2. The third kappa shape index (κ3) is 3.81. The van der Waals surface area contributed by atoms with Crippen molar-refractivity contribution >= 4 is 17.7 Å². The number of nitrogens with zero attached hydrogens (tertiary/aromatic N) is 4. The van der Waals surface area contributed by atoms with E-state index < -0.39 is 0 Å². The van der Waals surface area contributed by atoms with Crippen LogP contribution in [0.3, 0.4) is 0 Å². The first-order valence-electron chi connectivity index (χ1n) is 11.6. The van der Waals surface area contributed by atoms with E-state index in [1.807, 2.05) is 41.2 Å². The first kappa shape index (κ1) is 22.1. The molecule has 0 aliphatic carbocycles. The molecular formula is C27H28N4O3. The number of hydrogen-bond donors (Lipinski definition) is 0. The van der Waals surface area contributed by atoms with Gasteiger partial charge in [0.1, 0.15) is 0 Å². The third-order valence-corrected chi connectivity index (χ3v) is 6.54. The molecule has 174 valence electrons. The molecule has 0 radical (unpaired) electrons. The van der Waals surface area contributed by atoms with Crippen molar-refractivity contribution in [2.45, 2.75) is 45.7 Å². The SMILES string of the molecule is CC(C)(C)n1ncc2c1CCN(C(=O)c1ccc3c(c1)C(=O)N(CCc1ccccc1)C3=O)C2. The lowest BCUT2D eigenvalue weighted by molar-refractivity contribution is 0.0655. The summed E-state index contributed by atoms with van der Waals surface area (Å²) in [5.74, 6) is -0.773. The van der Waals surface area contributed by atoms with E-state index in [1.165, 1.54) is 10.6 Å². The Morgan fingerprint density at radius 1 is 1.00 bits per heavy atom. The standard InChI is InChI=1S/C27H28N4O3/c1-27(2,3)31-23-12-13-29(17-20(23)16-28-31)24(32)19-9-10-21-22(15-19)26(34)30(25(21)33)14-11-18-7-5-4-6-8-18/h4-10,15-16H,11-14,17H2,1-3H3. The van der Waals surface area contributed by atoms with Gasteiger partial charge in [0.05, 0.1) is 22.9 Å². The lowest BCUT2D eigenvalue weighted by atomic mass is 10.0. The highest BCUT2D eigenvalue weighted by Crippen LogP contribution is 2.28. The van der Waals surface area contributed by atoms with Crippen LogP contribution in [0, 0.1) is 0 Å². The lowest BCUT2D eigenvalue weighted by Crippen LogP contribution is -2.37. The number of hydrogen-bond acceptors (Lipinski definition) is 4. The summed E-state index contributed by atoms with van der Waals surface area (Å²) >= 11 is 0. The van der Waals surface area contributed by atoms with Gasteiger partial charge in [0.15, 0.2) is 0 Å². The maximum atomic E-state index is 13.3. The summed E-state index contributed by atoms with van der Waals surface area (Å²) in [6, 6.07) is 14.6. The number of imide groups is 1. The van der Waals surface area contributed by atoms with Crippen LogP contribution >= 0.6 is 0 Å². The Bertz CT molecular complexity index is 1290. The Hall–Kier alpha value is -3.74. The van der Waals surface area contributed by atoms with Gasteiger partial charge in [-0.15, -0.1) is 0 Å². The monoisotopic (exact) mass is 456 g/mol. The normalized spacial score (nSPS) is 15.5. The number of carbonyl (C=O) groups excluding carboxylic acids is 3. The molecular weight excluding hydrogens is 428 g/mol. The van der Waals surface area contributed by atoms with Crippen LogP contribution < -0.4 is 0 Å². The molecule has 0 spiro atoms. The van der Waals surface area contributed by atoms with Crippen LogP contribution in [0.1, 0.15) is 68.7 Å². The number of rotatable bonds is 4. The molecule has 0 saturated heterocycles. The molecule has 2 aliphatic rings. The molecule has 2 aromatic carbocycles. The molecule has 2 aliphatic heterocycles. The van der Waals surface area contributed by atoms with Crippen LogP contribution in [0.2, 0.25) is 0 Å². The van der Waals surface area contributed by atoms with E-state index in [4.69, 9.17) is 0 Å². The number of fused-ring (bicyclic) bond motifs is 2. The molecule has 34 heavy (non-hydrogen) atoms. The lowest BCUT2D eigenvalue weighted by Gasteiger charge is -2.30. The fraction of sp³-hybridized carbons (Fsp3) is 0.333. The number of carbonyl (C=O) groups is 3. The van der Waals surface area contributed by atoms with Crippen molar-refractivity contribution in [3.8, 4) is 0 Å². The van der Waals surface area contributed by atoms with Crippen molar-refractivity contribution in [1.82, 2.24) is 19.6 Å². The summed E-state index contributed by atoms with van der Waals surface area (Å²) in [6.07, 6.45) is 3.17. The van der Waals surface area contributed by atoms with Gasteiger partial charge in [-0.3, -0.25) is 24.0 Å². The van der Waals surface area contributed by atoms with Crippen LogP contribution in [-0.4, -0.2) is 50.4 Å². The average molecular weight is 457 g/mol. The molecule has 0 fully saturated rings. The zero-order chi connectivity index (χ0) is 24.0. The molecule has 0 saturated carbocycles. The molecule has 5 rings (SSSR count). The van der Waals surface area contributed by atoms with E-state index in [-0.39, 0.29) is 23.3 Å². The van der Waals surface area contributed by atoms with E-state index in [9.17, 15) is 14.4 Å². The molecule has 3 heterocycles. The molecule has 7 heteroatoms. The fourth-order valence-electron chi connectivity index (χ4n) is 4.78. The summed E-state index contributed by atoms with van der Waals surface area (Å²) in [6.45, 7) is 7.72. The Kier molecular flexibility index (Phi) is 5.35. The average Bonchev–Trinajstić information content (AvgIpc) is 3.36. The van der Waals surface area contributed by atoms with Gasteiger partial charge in [-0.25, -0.2) is 0 Å². The van der Waals surface area contributed by atoms with Gasteiger partial charge in [0.25, 0.3) is 17.7 Å².